The lowest BCUT2D eigenvalue weighted by Crippen LogP contribution is -2.29. The minimum Gasteiger partial charge on any atom is -0.461 e. The van der Waals surface area contributed by atoms with Crippen LogP contribution in [0, 0.1) is 11.8 Å². The summed E-state index contributed by atoms with van der Waals surface area (Å²) in [7, 11) is 1.72. The predicted octanol–water partition coefficient (Wildman–Crippen LogP) is 0.750. The van der Waals surface area contributed by atoms with E-state index in [9.17, 15) is 10.2 Å². The van der Waals surface area contributed by atoms with E-state index in [2.05, 4.69) is 32.1 Å². The Kier molecular flexibility index (Phi) is 4.08. The zero-order valence-corrected chi connectivity index (χ0v) is 14.2. The summed E-state index contributed by atoms with van der Waals surface area (Å²) in [5.41, 5.74) is 0.907. The first-order chi connectivity index (χ1) is 12.6. The molecule has 3 aromatic heterocycles. The summed E-state index contributed by atoms with van der Waals surface area (Å²) in [6.45, 7) is 1.70. The highest BCUT2D eigenvalue weighted by Gasteiger charge is 2.38. The fourth-order valence-electron chi connectivity index (χ4n) is 2.92. The number of anilines is 1. The van der Waals surface area contributed by atoms with Gasteiger partial charge in [-0.2, -0.15) is 0 Å². The summed E-state index contributed by atoms with van der Waals surface area (Å²) in [4.78, 5) is 13.5. The van der Waals surface area contributed by atoms with Crippen molar-refractivity contribution in [2.24, 2.45) is 0 Å². The van der Waals surface area contributed by atoms with Crippen LogP contribution in [0.4, 0.5) is 5.82 Å². The molecule has 1 saturated heterocycles. The van der Waals surface area contributed by atoms with Crippen molar-refractivity contribution in [1.82, 2.24) is 19.5 Å². The van der Waals surface area contributed by atoms with Gasteiger partial charge in [0.15, 0.2) is 40.6 Å². The van der Waals surface area contributed by atoms with Gasteiger partial charge in [-0.1, -0.05) is 5.92 Å². The summed E-state index contributed by atoms with van der Waals surface area (Å²) < 4.78 is 12.6. The van der Waals surface area contributed by atoms with Crippen molar-refractivity contribution in [2.75, 3.05) is 19.0 Å². The lowest BCUT2D eigenvalue weighted by molar-refractivity contribution is -0.0167. The van der Waals surface area contributed by atoms with Gasteiger partial charge in [0.25, 0.3) is 0 Å². The third kappa shape index (κ3) is 2.52. The maximum Gasteiger partial charge on any atom is 0.199 e. The number of imidazole rings is 1. The number of hydrogen-bond acceptors (Lipinski definition) is 8. The average Bonchev–Trinajstić information content (AvgIpc) is 3.35. The molecular formula is C17H17N5O4. The minimum atomic E-state index is -1.12. The van der Waals surface area contributed by atoms with Crippen LogP contribution in [-0.2, 0) is 4.74 Å². The SMILES string of the molecule is CC#Cc1nc2c(NC)nc(-c3ccco3)nc2n1[C@@H]1OC[C@@H](O)[C@H]1O. The Morgan fingerprint density at radius 3 is 2.77 bits per heavy atom. The first-order valence-corrected chi connectivity index (χ1v) is 8.06. The van der Waals surface area contributed by atoms with E-state index in [-0.39, 0.29) is 6.61 Å². The first kappa shape index (κ1) is 16.5. The highest BCUT2D eigenvalue weighted by atomic mass is 16.5. The molecule has 4 rings (SSSR count). The van der Waals surface area contributed by atoms with Crippen LogP contribution < -0.4 is 5.32 Å². The Morgan fingerprint density at radius 2 is 2.15 bits per heavy atom. The molecule has 0 saturated carbocycles. The van der Waals surface area contributed by atoms with Gasteiger partial charge in [0.2, 0.25) is 0 Å². The molecule has 0 amide bonds. The number of aromatic nitrogens is 4. The Bertz CT molecular complexity index is 1000. The smallest absolute Gasteiger partial charge is 0.199 e. The molecule has 9 heteroatoms. The topological polar surface area (TPSA) is 118 Å². The normalized spacial score (nSPS) is 22.4. The van der Waals surface area contributed by atoms with Gasteiger partial charge >= 0.3 is 0 Å². The molecule has 1 aliphatic heterocycles. The van der Waals surface area contributed by atoms with Gasteiger partial charge in [-0.3, -0.25) is 4.57 Å². The number of ether oxygens (including phenoxy) is 1. The number of furan rings is 1. The molecule has 26 heavy (non-hydrogen) atoms. The molecule has 134 valence electrons. The quantitative estimate of drug-likeness (QED) is 0.589. The van der Waals surface area contributed by atoms with E-state index >= 15 is 0 Å². The minimum absolute atomic E-state index is 0.0134. The van der Waals surface area contributed by atoms with E-state index in [1.165, 1.54) is 6.26 Å². The summed E-state index contributed by atoms with van der Waals surface area (Å²) in [5, 5.41) is 23.2. The summed E-state index contributed by atoms with van der Waals surface area (Å²) >= 11 is 0. The van der Waals surface area contributed by atoms with Gasteiger partial charge in [0, 0.05) is 7.05 Å². The molecular weight excluding hydrogens is 338 g/mol. The number of fused-ring (bicyclic) bond motifs is 1. The lowest BCUT2D eigenvalue weighted by Gasteiger charge is -2.18. The Morgan fingerprint density at radius 1 is 1.31 bits per heavy atom. The molecule has 1 fully saturated rings. The van der Waals surface area contributed by atoms with E-state index in [1.54, 1.807) is 30.7 Å². The van der Waals surface area contributed by atoms with E-state index in [0.717, 1.165) is 0 Å². The van der Waals surface area contributed by atoms with Crippen molar-refractivity contribution >= 4 is 17.0 Å². The lowest BCUT2D eigenvalue weighted by atomic mass is 10.2. The van der Waals surface area contributed by atoms with Gasteiger partial charge in [-0.15, -0.1) is 0 Å². The van der Waals surface area contributed by atoms with Gasteiger partial charge in [0.05, 0.1) is 12.9 Å². The van der Waals surface area contributed by atoms with Crippen LogP contribution >= 0.6 is 0 Å². The van der Waals surface area contributed by atoms with Crippen LogP contribution in [0.5, 0.6) is 0 Å². The second-order valence-corrected chi connectivity index (χ2v) is 5.76. The number of rotatable bonds is 3. The van der Waals surface area contributed by atoms with E-state index < -0.39 is 18.4 Å². The van der Waals surface area contributed by atoms with Crippen LogP contribution in [0.25, 0.3) is 22.7 Å². The maximum atomic E-state index is 10.3. The van der Waals surface area contributed by atoms with Crippen molar-refractivity contribution in [3.05, 3.63) is 24.2 Å². The standard InChI is InChI=1S/C17H17N5O4/c1-3-5-11-19-12-15(18-2)20-14(10-6-4-7-25-10)21-16(12)22(11)17-13(24)9(23)8-26-17/h4,6-7,9,13,17,23-24H,8H2,1-2H3,(H,18,20,21)/t9-,13-,17-/m1/s1. The summed E-state index contributed by atoms with van der Waals surface area (Å²) in [6.07, 6.45) is -1.43. The zero-order valence-electron chi connectivity index (χ0n) is 14.2. The molecule has 0 spiro atoms. The molecule has 1 aliphatic rings. The maximum absolute atomic E-state index is 10.3. The van der Waals surface area contributed by atoms with Gasteiger partial charge < -0.3 is 24.7 Å². The van der Waals surface area contributed by atoms with Crippen molar-refractivity contribution in [1.29, 1.82) is 0 Å². The average molecular weight is 355 g/mol. The second-order valence-electron chi connectivity index (χ2n) is 5.76. The number of hydrogen-bond donors (Lipinski definition) is 3. The molecule has 0 bridgehead atoms. The second kappa shape index (κ2) is 6.42. The molecule has 4 heterocycles. The van der Waals surface area contributed by atoms with E-state index in [1.807, 2.05) is 0 Å². The Hall–Kier alpha value is -2.93. The Labute approximate surface area is 148 Å². The van der Waals surface area contributed by atoms with Crippen molar-refractivity contribution < 1.29 is 19.4 Å². The number of nitrogens with one attached hydrogen (secondary N) is 1. The molecule has 3 aromatic rings. The monoisotopic (exact) mass is 355 g/mol. The van der Waals surface area contributed by atoms with E-state index in [0.29, 0.717) is 34.4 Å². The van der Waals surface area contributed by atoms with Crippen LogP contribution in [0.15, 0.2) is 22.8 Å². The largest absolute Gasteiger partial charge is 0.461 e. The molecule has 0 unspecified atom stereocenters. The Balaban J connectivity index is 1.99. The number of aliphatic hydroxyl groups excluding tert-OH is 2. The van der Waals surface area contributed by atoms with Crippen LogP contribution in [0.3, 0.4) is 0 Å². The van der Waals surface area contributed by atoms with Gasteiger partial charge in [-0.25, -0.2) is 15.0 Å². The third-order valence-corrected chi connectivity index (χ3v) is 4.13. The fourth-order valence-corrected chi connectivity index (χ4v) is 2.92. The molecule has 0 radical (unpaired) electrons. The zero-order chi connectivity index (χ0) is 18.3. The number of aliphatic hydroxyl groups is 2. The number of nitrogens with zero attached hydrogens (tertiary/aromatic N) is 4. The van der Waals surface area contributed by atoms with E-state index in [4.69, 9.17) is 9.15 Å². The van der Waals surface area contributed by atoms with Crippen molar-refractivity contribution in [3.63, 3.8) is 0 Å². The molecule has 3 N–H and O–H groups in total. The molecule has 0 aromatic carbocycles. The third-order valence-electron chi connectivity index (χ3n) is 4.13. The van der Waals surface area contributed by atoms with Crippen LogP contribution in [0.1, 0.15) is 19.0 Å². The first-order valence-electron chi connectivity index (χ1n) is 8.06. The van der Waals surface area contributed by atoms with Crippen LogP contribution in [-0.4, -0.2) is 55.6 Å². The van der Waals surface area contributed by atoms with Gasteiger partial charge in [0.1, 0.15) is 12.2 Å². The highest BCUT2D eigenvalue weighted by molar-refractivity contribution is 5.85. The van der Waals surface area contributed by atoms with Gasteiger partial charge in [-0.05, 0) is 25.0 Å². The van der Waals surface area contributed by atoms with Crippen molar-refractivity contribution in [3.8, 4) is 23.4 Å². The predicted molar refractivity (Wildman–Crippen MR) is 92.1 cm³/mol. The molecule has 0 aliphatic carbocycles. The summed E-state index contributed by atoms with van der Waals surface area (Å²) in [6, 6.07) is 3.49. The summed E-state index contributed by atoms with van der Waals surface area (Å²) in [5.74, 6) is 7.40. The highest BCUT2D eigenvalue weighted by Crippen LogP contribution is 2.32. The molecule has 9 nitrogen and oxygen atoms in total. The molecule has 3 atom stereocenters. The van der Waals surface area contributed by atoms with Crippen molar-refractivity contribution in [2.45, 2.75) is 25.4 Å². The fraction of sp³-hybridized carbons (Fsp3) is 0.353. The van der Waals surface area contributed by atoms with Crippen LogP contribution in [0.2, 0.25) is 0 Å².